The quantitative estimate of drug-likeness (QED) is 0.807. The van der Waals surface area contributed by atoms with E-state index < -0.39 is 12.0 Å². The third-order valence-corrected chi connectivity index (χ3v) is 3.82. The highest BCUT2D eigenvalue weighted by molar-refractivity contribution is 7.12. The number of carbonyl (C=O) groups is 2. The molecule has 110 valence electrons. The molecular formula is C14H14N2O4S. The molecule has 1 heterocycles. The minimum absolute atomic E-state index is 0.105. The van der Waals surface area contributed by atoms with Gasteiger partial charge in [0.15, 0.2) is 0 Å². The van der Waals surface area contributed by atoms with Gasteiger partial charge in [-0.1, -0.05) is 6.07 Å². The maximum Gasteiger partial charge on any atom is 0.348 e. The molecule has 1 aromatic carbocycles. The third-order valence-electron chi connectivity index (χ3n) is 2.74. The number of anilines is 2. The van der Waals surface area contributed by atoms with Crippen LogP contribution < -0.4 is 15.4 Å². The van der Waals surface area contributed by atoms with Crippen molar-refractivity contribution in [2.45, 2.75) is 6.92 Å². The van der Waals surface area contributed by atoms with Crippen LogP contribution in [0.2, 0.25) is 0 Å². The predicted molar refractivity (Wildman–Crippen MR) is 81.7 cm³/mol. The van der Waals surface area contributed by atoms with Crippen LogP contribution in [-0.4, -0.2) is 24.2 Å². The van der Waals surface area contributed by atoms with Crippen molar-refractivity contribution < 1.29 is 19.4 Å². The zero-order valence-electron chi connectivity index (χ0n) is 11.5. The van der Waals surface area contributed by atoms with E-state index in [9.17, 15) is 9.59 Å². The summed E-state index contributed by atoms with van der Waals surface area (Å²) >= 11 is 1.08. The Bertz CT molecular complexity index is 681. The fraction of sp³-hybridized carbons (Fsp3) is 0.143. The zero-order valence-corrected chi connectivity index (χ0v) is 12.3. The molecule has 0 saturated heterocycles. The Morgan fingerprint density at radius 1 is 1.29 bits per heavy atom. The van der Waals surface area contributed by atoms with Gasteiger partial charge in [0.25, 0.3) is 0 Å². The smallest absolute Gasteiger partial charge is 0.348 e. The standard InChI is InChI=1S/C14H14N2O4S/c1-8-7-21-12(13(17)18)11(8)16-14(19)15-9-4-3-5-10(6-9)20-2/h3-7H,1-2H3,(H,17,18)(H2,15,16,19). The van der Waals surface area contributed by atoms with Gasteiger partial charge in [0.05, 0.1) is 12.8 Å². The largest absolute Gasteiger partial charge is 0.497 e. The van der Waals surface area contributed by atoms with Gasteiger partial charge >= 0.3 is 12.0 Å². The number of nitrogens with one attached hydrogen (secondary N) is 2. The molecule has 0 fully saturated rings. The molecule has 0 saturated carbocycles. The van der Waals surface area contributed by atoms with Crippen molar-refractivity contribution in [3.05, 3.63) is 40.1 Å². The number of carboxylic acids is 1. The van der Waals surface area contributed by atoms with Crippen molar-refractivity contribution in [2.24, 2.45) is 0 Å². The number of benzene rings is 1. The van der Waals surface area contributed by atoms with E-state index in [1.807, 2.05) is 0 Å². The van der Waals surface area contributed by atoms with E-state index in [0.29, 0.717) is 22.7 Å². The number of ether oxygens (including phenoxy) is 1. The molecule has 0 aliphatic carbocycles. The number of amides is 2. The molecule has 2 amide bonds. The van der Waals surface area contributed by atoms with Crippen LogP contribution in [0, 0.1) is 6.92 Å². The van der Waals surface area contributed by atoms with Crippen molar-refractivity contribution in [1.29, 1.82) is 0 Å². The number of hydrogen-bond donors (Lipinski definition) is 3. The molecule has 21 heavy (non-hydrogen) atoms. The van der Waals surface area contributed by atoms with Crippen LogP contribution in [0.3, 0.4) is 0 Å². The molecule has 6 nitrogen and oxygen atoms in total. The monoisotopic (exact) mass is 306 g/mol. The van der Waals surface area contributed by atoms with Crippen molar-refractivity contribution in [3.8, 4) is 5.75 Å². The van der Waals surface area contributed by atoms with Gasteiger partial charge < -0.3 is 20.5 Å². The lowest BCUT2D eigenvalue weighted by Crippen LogP contribution is -2.20. The molecule has 3 N–H and O–H groups in total. The number of urea groups is 1. The number of hydrogen-bond acceptors (Lipinski definition) is 4. The molecule has 0 spiro atoms. The van der Waals surface area contributed by atoms with E-state index in [4.69, 9.17) is 9.84 Å². The lowest BCUT2D eigenvalue weighted by Gasteiger charge is -2.09. The normalized spacial score (nSPS) is 10.0. The van der Waals surface area contributed by atoms with E-state index >= 15 is 0 Å². The number of methoxy groups -OCH3 is 1. The van der Waals surface area contributed by atoms with Gasteiger partial charge in [-0.15, -0.1) is 11.3 Å². The summed E-state index contributed by atoms with van der Waals surface area (Å²) in [5.41, 5.74) is 1.57. The summed E-state index contributed by atoms with van der Waals surface area (Å²) in [5.74, 6) is -0.449. The van der Waals surface area contributed by atoms with E-state index in [-0.39, 0.29) is 4.88 Å². The number of aromatic carboxylic acids is 1. The van der Waals surface area contributed by atoms with Crippen molar-refractivity contribution >= 4 is 34.7 Å². The molecule has 7 heteroatoms. The van der Waals surface area contributed by atoms with Crippen LogP contribution in [0.25, 0.3) is 0 Å². The summed E-state index contributed by atoms with van der Waals surface area (Å²) < 4.78 is 5.06. The fourth-order valence-electron chi connectivity index (χ4n) is 1.73. The zero-order chi connectivity index (χ0) is 15.4. The van der Waals surface area contributed by atoms with Crippen molar-refractivity contribution in [3.63, 3.8) is 0 Å². The van der Waals surface area contributed by atoms with Crippen LogP contribution in [0.1, 0.15) is 15.2 Å². The Morgan fingerprint density at radius 2 is 2.05 bits per heavy atom. The second kappa shape index (κ2) is 6.27. The van der Waals surface area contributed by atoms with Crippen LogP contribution >= 0.6 is 11.3 Å². The van der Waals surface area contributed by atoms with Gasteiger partial charge in [-0.2, -0.15) is 0 Å². The summed E-state index contributed by atoms with van der Waals surface area (Å²) in [5, 5.41) is 16.0. The van der Waals surface area contributed by atoms with Gasteiger partial charge in [-0.25, -0.2) is 9.59 Å². The first kappa shape index (κ1) is 14.9. The Balaban J connectivity index is 2.11. The van der Waals surface area contributed by atoms with Gasteiger partial charge in [-0.3, -0.25) is 0 Å². The first-order valence-electron chi connectivity index (χ1n) is 6.04. The van der Waals surface area contributed by atoms with E-state index in [1.54, 1.807) is 36.6 Å². The van der Waals surface area contributed by atoms with Gasteiger partial charge in [0.2, 0.25) is 0 Å². The Morgan fingerprint density at radius 3 is 2.71 bits per heavy atom. The lowest BCUT2D eigenvalue weighted by molar-refractivity contribution is 0.0703. The number of carboxylic acid groups (broad SMARTS) is 1. The molecule has 2 aromatic rings. The molecule has 1 aromatic heterocycles. The van der Waals surface area contributed by atoms with Crippen LogP contribution in [0.15, 0.2) is 29.6 Å². The van der Waals surface area contributed by atoms with Gasteiger partial charge in [0, 0.05) is 11.8 Å². The maximum absolute atomic E-state index is 12.0. The van der Waals surface area contributed by atoms with Gasteiger partial charge in [-0.05, 0) is 30.0 Å². The van der Waals surface area contributed by atoms with E-state index in [1.165, 1.54) is 7.11 Å². The number of rotatable bonds is 4. The Kier molecular flexibility index (Phi) is 4.44. The van der Waals surface area contributed by atoms with E-state index in [0.717, 1.165) is 11.3 Å². The topological polar surface area (TPSA) is 87.7 Å². The molecule has 0 atom stereocenters. The molecule has 0 bridgehead atoms. The molecule has 0 aliphatic heterocycles. The van der Waals surface area contributed by atoms with E-state index in [2.05, 4.69) is 10.6 Å². The minimum atomic E-state index is -1.07. The number of thiophene rings is 1. The molecule has 2 rings (SSSR count). The van der Waals surface area contributed by atoms with Crippen LogP contribution in [0.5, 0.6) is 5.75 Å². The second-order valence-corrected chi connectivity index (χ2v) is 5.12. The maximum atomic E-state index is 12.0. The summed E-state index contributed by atoms with van der Waals surface area (Å²) in [6, 6.07) is 6.37. The van der Waals surface area contributed by atoms with Gasteiger partial charge in [0.1, 0.15) is 10.6 Å². The summed E-state index contributed by atoms with van der Waals surface area (Å²) in [7, 11) is 1.53. The van der Waals surface area contributed by atoms with Crippen molar-refractivity contribution in [2.75, 3.05) is 17.7 Å². The average molecular weight is 306 g/mol. The Labute approximate surface area is 125 Å². The molecule has 0 aliphatic rings. The van der Waals surface area contributed by atoms with Crippen LogP contribution in [-0.2, 0) is 0 Å². The summed E-state index contributed by atoms with van der Waals surface area (Å²) in [6.07, 6.45) is 0. The second-order valence-electron chi connectivity index (χ2n) is 4.24. The molecule has 0 unspecified atom stereocenters. The fourth-order valence-corrected chi connectivity index (χ4v) is 2.58. The number of carbonyl (C=O) groups excluding carboxylic acids is 1. The molecular weight excluding hydrogens is 292 g/mol. The SMILES string of the molecule is COc1cccc(NC(=O)Nc2c(C)csc2C(=O)O)c1. The Hall–Kier alpha value is -2.54. The minimum Gasteiger partial charge on any atom is -0.497 e. The third kappa shape index (κ3) is 3.51. The van der Waals surface area contributed by atoms with Crippen LogP contribution in [0.4, 0.5) is 16.2 Å². The molecule has 0 radical (unpaired) electrons. The first-order valence-corrected chi connectivity index (χ1v) is 6.92. The highest BCUT2D eigenvalue weighted by atomic mass is 32.1. The van der Waals surface area contributed by atoms with Crippen molar-refractivity contribution in [1.82, 2.24) is 0 Å². The predicted octanol–water partition coefficient (Wildman–Crippen LogP) is 3.41. The number of aryl methyl sites for hydroxylation is 1. The highest BCUT2D eigenvalue weighted by Crippen LogP contribution is 2.27. The average Bonchev–Trinajstić information content (AvgIpc) is 2.80. The summed E-state index contributed by atoms with van der Waals surface area (Å²) in [6.45, 7) is 1.74. The highest BCUT2D eigenvalue weighted by Gasteiger charge is 2.17. The lowest BCUT2D eigenvalue weighted by atomic mass is 10.2. The summed E-state index contributed by atoms with van der Waals surface area (Å²) in [4.78, 5) is 23.1. The first-order chi connectivity index (χ1) is 10.0.